The number of likely N-dealkylation sites (tertiary alicyclic amines) is 1. The fraction of sp³-hybridized carbons (Fsp3) is 0.333. The fourth-order valence-corrected chi connectivity index (χ4v) is 5.42. The molecular weight excluding hydrogens is 428 g/mol. The topological polar surface area (TPSA) is 51.7 Å². The highest BCUT2D eigenvalue weighted by Gasteiger charge is 2.31. The Morgan fingerprint density at radius 2 is 1.94 bits per heavy atom. The van der Waals surface area contributed by atoms with Crippen molar-refractivity contribution < 1.29 is 14.3 Å². The van der Waals surface area contributed by atoms with Gasteiger partial charge in [0.1, 0.15) is 0 Å². The first-order valence-corrected chi connectivity index (χ1v) is 12.1. The van der Waals surface area contributed by atoms with Crippen molar-refractivity contribution in [2.75, 3.05) is 20.8 Å². The number of aromatic nitrogens is 1. The summed E-state index contributed by atoms with van der Waals surface area (Å²) in [4.78, 5) is 20.9. The van der Waals surface area contributed by atoms with Crippen LogP contribution in [0.25, 0.3) is 0 Å². The van der Waals surface area contributed by atoms with Gasteiger partial charge in [0.25, 0.3) is 5.91 Å². The Morgan fingerprint density at radius 3 is 2.61 bits per heavy atom. The highest BCUT2D eigenvalue weighted by molar-refractivity contribution is 7.98. The molecule has 5 nitrogen and oxygen atoms in total. The number of benzene rings is 2. The van der Waals surface area contributed by atoms with Gasteiger partial charge < -0.3 is 14.4 Å². The van der Waals surface area contributed by atoms with Gasteiger partial charge in [-0.25, -0.2) is 4.98 Å². The van der Waals surface area contributed by atoms with Crippen LogP contribution in [0.4, 0.5) is 0 Å². The minimum absolute atomic E-state index is 0.0502. The van der Waals surface area contributed by atoms with Crippen LogP contribution in [-0.4, -0.2) is 36.6 Å². The van der Waals surface area contributed by atoms with Gasteiger partial charge in [-0.2, -0.15) is 0 Å². The largest absolute Gasteiger partial charge is 0.493 e. The number of thioether (sulfide) groups is 1. The van der Waals surface area contributed by atoms with Crippen LogP contribution < -0.4 is 9.47 Å². The average molecular weight is 455 g/mol. The minimum Gasteiger partial charge on any atom is -0.493 e. The third-order valence-electron chi connectivity index (χ3n) is 5.46. The third-order valence-corrected chi connectivity index (χ3v) is 7.33. The molecule has 2 aromatic carbocycles. The van der Waals surface area contributed by atoms with Crippen LogP contribution in [0.3, 0.4) is 0 Å². The van der Waals surface area contributed by atoms with Gasteiger partial charge in [-0.05, 0) is 61.7 Å². The van der Waals surface area contributed by atoms with E-state index in [9.17, 15) is 4.79 Å². The lowest BCUT2D eigenvalue weighted by molar-refractivity contribution is 0.0735. The van der Waals surface area contributed by atoms with Crippen LogP contribution in [0.1, 0.15) is 45.5 Å². The molecule has 3 aromatic rings. The van der Waals surface area contributed by atoms with E-state index in [0.29, 0.717) is 11.5 Å². The van der Waals surface area contributed by atoms with E-state index in [4.69, 9.17) is 9.47 Å². The summed E-state index contributed by atoms with van der Waals surface area (Å²) in [5, 5.41) is 3.19. The zero-order valence-corrected chi connectivity index (χ0v) is 19.6. The molecule has 1 saturated heterocycles. The van der Waals surface area contributed by atoms with Crippen molar-refractivity contribution in [3.05, 3.63) is 69.7 Å². The standard InChI is InChI=1S/C24H26N2O3S2/c1-16-25-19(14-30-16)15-31-20-9-6-17(7-10-20)24(27)26-12-4-5-21(26)18-8-11-22(28-2)23(13-18)29-3/h6-11,13-14,21H,4-5,12,15H2,1-3H3. The Bertz CT molecular complexity index is 1050. The summed E-state index contributed by atoms with van der Waals surface area (Å²) in [6.45, 7) is 2.78. The molecule has 162 valence electrons. The first-order valence-electron chi connectivity index (χ1n) is 10.3. The van der Waals surface area contributed by atoms with E-state index in [2.05, 4.69) is 10.4 Å². The molecule has 0 aliphatic carbocycles. The predicted molar refractivity (Wildman–Crippen MR) is 125 cm³/mol. The van der Waals surface area contributed by atoms with Crippen molar-refractivity contribution in [3.63, 3.8) is 0 Å². The highest BCUT2D eigenvalue weighted by atomic mass is 32.2. The van der Waals surface area contributed by atoms with Gasteiger partial charge in [0.2, 0.25) is 0 Å². The fourth-order valence-electron chi connectivity index (χ4n) is 3.91. The van der Waals surface area contributed by atoms with Crippen molar-refractivity contribution >= 4 is 29.0 Å². The molecule has 0 saturated carbocycles. The van der Waals surface area contributed by atoms with Crippen molar-refractivity contribution in [1.82, 2.24) is 9.88 Å². The lowest BCUT2D eigenvalue weighted by atomic mass is 10.0. The molecule has 1 amide bonds. The van der Waals surface area contributed by atoms with Gasteiger partial charge in [0.05, 0.1) is 31.0 Å². The van der Waals surface area contributed by atoms with Crippen LogP contribution in [0.15, 0.2) is 52.7 Å². The van der Waals surface area contributed by atoms with Crippen molar-refractivity contribution in [3.8, 4) is 11.5 Å². The normalized spacial score (nSPS) is 15.8. The Morgan fingerprint density at radius 1 is 1.16 bits per heavy atom. The Kier molecular flexibility index (Phi) is 6.83. The van der Waals surface area contributed by atoms with E-state index in [0.717, 1.165) is 51.9 Å². The Balaban J connectivity index is 1.45. The number of hydrogen-bond acceptors (Lipinski definition) is 6. The molecule has 0 N–H and O–H groups in total. The maximum atomic E-state index is 13.3. The van der Waals surface area contributed by atoms with Crippen LogP contribution in [0, 0.1) is 6.92 Å². The summed E-state index contributed by atoms with van der Waals surface area (Å²) in [5.74, 6) is 2.30. The number of carbonyl (C=O) groups is 1. The zero-order chi connectivity index (χ0) is 21.8. The molecule has 1 fully saturated rings. The van der Waals surface area contributed by atoms with Gasteiger partial charge in [-0.3, -0.25) is 4.79 Å². The number of hydrogen-bond donors (Lipinski definition) is 0. The highest BCUT2D eigenvalue weighted by Crippen LogP contribution is 2.37. The molecule has 1 aromatic heterocycles. The number of rotatable bonds is 7. The second kappa shape index (κ2) is 9.75. The smallest absolute Gasteiger partial charge is 0.254 e. The van der Waals surface area contributed by atoms with Gasteiger partial charge in [-0.1, -0.05) is 6.07 Å². The molecule has 0 spiro atoms. The van der Waals surface area contributed by atoms with Gasteiger partial charge >= 0.3 is 0 Å². The first kappa shape index (κ1) is 21.7. The number of methoxy groups -OCH3 is 2. The Hall–Kier alpha value is -2.51. The van der Waals surface area contributed by atoms with Crippen molar-refractivity contribution in [2.45, 2.75) is 36.5 Å². The Labute approximate surface area is 191 Å². The average Bonchev–Trinajstić information content (AvgIpc) is 3.46. The van der Waals surface area contributed by atoms with E-state index in [1.807, 2.05) is 54.3 Å². The molecule has 0 radical (unpaired) electrons. The number of nitrogens with zero attached hydrogens (tertiary/aromatic N) is 2. The summed E-state index contributed by atoms with van der Waals surface area (Å²) in [6, 6.07) is 13.9. The summed E-state index contributed by atoms with van der Waals surface area (Å²) in [7, 11) is 3.26. The summed E-state index contributed by atoms with van der Waals surface area (Å²) >= 11 is 3.41. The van der Waals surface area contributed by atoms with Gasteiger partial charge in [-0.15, -0.1) is 23.1 Å². The molecule has 1 aliphatic rings. The molecule has 0 bridgehead atoms. The van der Waals surface area contributed by atoms with E-state index in [-0.39, 0.29) is 11.9 Å². The number of amides is 1. The minimum atomic E-state index is 0.0502. The van der Waals surface area contributed by atoms with E-state index in [1.54, 1.807) is 37.3 Å². The number of thiazole rings is 1. The lowest BCUT2D eigenvalue weighted by Crippen LogP contribution is -2.30. The van der Waals surface area contributed by atoms with E-state index < -0.39 is 0 Å². The number of aryl methyl sites for hydroxylation is 1. The quantitative estimate of drug-likeness (QED) is 0.426. The van der Waals surface area contributed by atoms with E-state index in [1.165, 1.54) is 0 Å². The molecule has 2 heterocycles. The van der Waals surface area contributed by atoms with Crippen LogP contribution in [-0.2, 0) is 5.75 Å². The second-order valence-electron chi connectivity index (χ2n) is 7.44. The molecule has 1 unspecified atom stereocenters. The summed E-state index contributed by atoms with van der Waals surface area (Å²) < 4.78 is 10.8. The lowest BCUT2D eigenvalue weighted by Gasteiger charge is -2.26. The summed E-state index contributed by atoms with van der Waals surface area (Å²) in [6.07, 6.45) is 1.94. The number of carbonyl (C=O) groups excluding carboxylic acids is 1. The van der Waals surface area contributed by atoms with Gasteiger partial charge in [0.15, 0.2) is 11.5 Å². The maximum Gasteiger partial charge on any atom is 0.254 e. The van der Waals surface area contributed by atoms with Gasteiger partial charge in [0, 0.05) is 28.1 Å². The SMILES string of the molecule is COc1ccc(C2CCCN2C(=O)c2ccc(SCc3csc(C)n3)cc2)cc1OC. The van der Waals surface area contributed by atoms with Crippen molar-refractivity contribution in [1.29, 1.82) is 0 Å². The molecule has 1 atom stereocenters. The third kappa shape index (κ3) is 4.88. The van der Waals surface area contributed by atoms with Crippen molar-refractivity contribution in [2.24, 2.45) is 0 Å². The van der Waals surface area contributed by atoms with Crippen LogP contribution >= 0.6 is 23.1 Å². The number of ether oxygens (including phenoxy) is 2. The molecular formula is C24H26N2O3S2. The summed E-state index contributed by atoms with van der Waals surface area (Å²) in [5.41, 5.74) is 2.90. The monoisotopic (exact) mass is 454 g/mol. The maximum absolute atomic E-state index is 13.3. The molecule has 4 rings (SSSR count). The van der Waals surface area contributed by atoms with Crippen LogP contribution in [0.5, 0.6) is 11.5 Å². The molecule has 7 heteroatoms. The molecule has 31 heavy (non-hydrogen) atoms. The molecule has 1 aliphatic heterocycles. The van der Waals surface area contributed by atoms with E-state index >= 15 is 0 Å². The second-order valence-corrected chi connectivity index (χ2v) is 9.55. The predicted octanol–water partition coefficient (Wildman–Crippen LogP) is 5.74. The zero-order valence-electron chi connectivity index (χ0n) is 18.0. The first-order chi connectivity index (χ1) is 15.1. The van der Waals surface area contributed by atoms with Crippen LogP contribution in [0.2, 0.25) is 0 Å².